The molecule has 0 atom stereocenters. The summed E-state index contributed by atoms with van der Waals surface area (Å²) in [6, 6.07) is 5.62. The zero-order valence-electron chi connectivity index (χ0n) is 10.3. The van der Waals surface area contributed by atoms with Gasteiger partial charge in [0.1, 0.15) is 0 Å². The minimum Gasteiger partial charge on any atom is -0.465 e. The number of hydrogen-bond acceptors (Lipinski definition) is 3. The van der Waals surface area contributed by atoms with E-state index in [9.17, 15) is 22.8 Å². The first kappa shape index (κ1) is 15.2. The highest BCUT2D eigenvalue weighted by atomic mass is 19.4. The Labute approximate surface area is 108 Å². The SMILES string of the molecule is COC(=O)c1ccc(C(=O)CCCC(F)(F)F)cc1. The lowest BCUT2D eigenvalue weighted by atomic mass is 10.0. The number of hydrogen-bond donors (Lipinski definition) is 0. The highest BCUT2D eigenvalue weighted by Crippen LogP contribution is 2.22. The van der Waals surface area contributed by atoms with Gasteiger partial charge in [-0.2, -0.15) is 13.2 Å². The molecule has 19 heavy (non-hydrogen) atoms. The second kappa shape index (κ2) is 6.36. The van der Waals surface area contributed by atoms with Crippen LogP contribution in [-0.2, 0) is 4.74 Å². The van der Waals surface area contributed by atoms with Crippen LogP contribution in [0.2, 0.25) is 0 Å². The van der Waals surface area contributed by atoms with Gasteiger partial charge >= 0.3 is 12.1 Å². The normalized spacial score (nSPS) is 11.2. The summed E-state index contributed by atoms with van der Waals surface area (Å²) in [5.41, 5.74) is 0.573. The molecular formula is C13H13F3O3. The summed E-state index contributed by atoms with van der Waals surface area (Å²) in [5, 5.41) is 0. The summed E-state index contributed by atoms with van der Waals surface area (Å²) in [6.45, 7) is 0. The lowest BCUT2D eigenvalue weighted by Gasteiger charge is -2.05. The standard InChI is InChI=1S/C13H13F3O3/c1-19-12(18)10-6-4-9(5-7-10)11(17)3-2-8-13(14,15)16/h4-7H,2-3,8H2,1H3. The maximum absolute atomic E-state index is 11.9. The minimum absolute atomic E-state index is 0.170. The summed E-state index contributed by atoms with van der Waals surface area (Å²) < 4.78 is 40.3. The molecule has 1 aromatic carbocycles. The molecule has 0 fully saturated rings. The molecule has 1 aromatic rings. The van der Waals surface area contributed by atoms with E-state index in [-0.39, 0.29) is 29.8 Å². The van der Waals surface area contributed by atoms with E-state index in [1.807, 2.05) is 0 Å². The van der Waals surface area contributed by atoms with E-state index < -0.39 is 18.6 Å². The first-order valence-electron chi connectivity index (χ1n) is 5.62. The summed E-state index contributed by atoms with van der Waals surface area (Å²) >= 11 is 0. The van der Waals surface area contributed by atoms with Crippen LogP contribution in [0.4, 0.5) is 13.2 Å². The van der Waals surface area contributed by atoms with Crippen LogP contribution in [0.5, 0.6) is 0 Å². The Bertz CT molecular complexity index is 449. The molecule has 0 aliphatic rings. The van der Waals surface area contributed by atoms with Crippen molar-refractivity contribution >= 4 is 11.8 Å². The molecule has 0 aliphatic carbocycles. The third-order valence-electron chi connectivity index (χ3n) is 2.49. The Morgan fingerprint density at radius 3 is 2.11 bits per heavy atom. The van der Waals surface area contributed by atoms with Gasteiger partial charge in [-0.25, -0.2) is 4.79 Å². The maximum atomic E-state index is 11.9. The molecule has 0 unspecified atom stereocenters. The van der Waals surface area contributed by atoms with Gasteiger partial charge in [0.05, 0.1) is 12.7 Å². The van der Waals surface area contributed by atoms with Crippen LogP contribution in [0, 0.1) is 0 Å². The monoisotopic (exact) mass is 274 g/mol. The van der Waals surface area contributed by atoms with Crippen molar-refractivity contribution in [2.75, 3.05) is 7.11 Å². The average molecular weight is 274 g/mol. The highest BCUT2D eigenvalue weighted by molar-refractivity contribution is 5.97. The van der Waals surface area contributed by atoms with Gasteiger partial charge in [0, 0.05) is 18.4 Å². The Morgan fingerprint density at radius 2 is 1.63 bits per heavy atom. The molecule has 0 bridgehead atoms. The number of methoxy groups -OCH3 is 1. The topological polar surface area (TPSA) is 43.4 Å². The first-order chi connectivity index (χ1) is 8.83. The predicted molar refractivity (Wildman–Crippen MR) is 62.0 cm³/mol. The number of Topliss-reactive ketones (excluding diaryl/α,β-unsaturated/α-hetero) is 1. The number of ketones is 1. The van der Waals surface area contributed by atoms with Crippen LogP contribution in [0.1, 0.15) is 40.0 Å². The molecule has 1 rings (SSSR count). The van der Waals surface area contributed by atoms with Gasteiger partial charge in [-0.3, -0.25) is 4.79 Å². The Hall–Kier alpha value is -1.85. The lowest BCUT2D eigenvalue weighted by Crippen LogP contribution is -2.09. The minimum atomic E-state index is -4.24. The van der Waals surface area contributed by atoms with Gasteiger partial charge in [-0.1, -0.05) is 12.1 Å². The van der Waals surface area contributed by atoms with E-state index in [1.54, 1.807) is 0 Å². The quantitative estimate of drug-likeness (QED) is 0.610. The number of rotatable bonds is 5. The molecule has 0 saturated carbocycles. The smallest absolute Gasteiger partial charge is 0.389 e. The van der Waals surface area contributed by atoms with Crippen molar-refractivity contribution in [1.82, 2.24) is 0 Å². The molecule has 0 heterocycles. The molecule has 0 aliphatic heterocycles. The molecule has 6 heteroatoms. The number of halogens is 3. The molecule has 0 radical (unpaired) electrons. The fourth-order valence-electron chi connectivity index (χ4n) is 1.50. The van der Waals surface area contributed by atoms with Gasteiger partial charge in [0.2, 0.25) is 0 Å². The Balaban J connectivity index is 2.56. The van der Waals surface area contributed by atoms with Crippen LogP contribution < -0.4 is 0 Å². The van der Waals surface area contributed by atoms with E-state index in [1.165, 1.54) is 31.4 Å². The summed E-state index contributed by atoms with van der Waals surface area (Å²) in [6.07, 6.45) is -5.62. The van der Waals surface area contributed by atoms with E-state index in [4.69, 9.17) is 0 Å². The second-order valence-corrected chi connectivity index (χ2v) is 3.96. The molecule has 0 saturated heterocycles. The number of alkyl halides is 3. The van der Waals surface area contributed by atoms with E-state index >= 15 is 0 Å². The molecule has 0 N–H and O–H groups in total. The van der Waals surface area contributed by atoms with Crippen molar-refractivity contribution < 1.29 is 27.5 Å². The van der Waals surface area contributed by atoms with Crippen LogP contribution in [0.3, 0.4) is 0 Å². The van der Waals surface area contributed by atoms with E-state index in [0.29, 0.717) is 0 Å². The van der Waals surface area contributed by atoms with Crippen molar-refractivity contribution in [2.45, 2.75) is 25.4 Å². The fourth-order valence-corrected chi connectivity index (χ4v) is 1.50. The van der Waals surface area contributed by atoms with Crippen molar-refractivity contribution in [2.24, 2.45) is 0 Å². The van der Waals surface area contributed by atoms with Crippen LogP contribution in [0.15, 0.2) is 24.3 Å². The molecule has 0 amide bonds. The van der Waals surface area contributed by atoms with Gasteiger partial charge in [0.15, 0.2) is 5.78 Å². The van der Waals surface area contributed by atoms with Crippen molar-refractivity contribution in [3.63, 3.8) is 0 Å². The molecule has 3 nitrogen and oxygen atoms in total. The number of benzene rings is 1. The number of esters is 1. The fraction of sp³-hybridized carbons (Fsp3) is 0.385. The highest BCUT2D eigenvalue weighted by Gasteiger charge is 2.26. The number of carbonyl (C=O) groups is 2. The van der Waals surface area contributed by atoms with Crippen LogP contribution in [-0.4, -0.2) is 25.0 Å². The number of carbonyl (C=O) groups excluding carboxylic acids is 2. The van der Waals surface area contributed by atoms with E-state index in [2.05, 4.69) is 4.74 Å². The third-order valence-corrected chi connectivity index (χ3v) is 2.49. The molecule has 0 aromatic heterocycles. The second-order valence-electron chi connectivity index (χ2n) is 3.96. The third kappa shape index (κ3) is 5.11. The maximum Gasteiger partial charge on any atom is 0.389 e. The van der Waals surface area contributed by atoms with E-state index in [0.717, 1.165) is 0 Å². The first-order valence-corrected chi connectivity index (χ1v) is 5.62. The van der Waals surface area contributed by atoms with Crippen LogP contribution >= 0.6 is 0 Å². The zero-order chi connectivity index (χ0) is 14.5. The predicted octanol–water partition coefficient (Wildman–Crippen LogP) is 3.39. The molecule has 104 valence electrons. The van der Waals surface area contributed by atoms with Crippen molar-refractivity contribution in [3.05, 3.63) is 35.4 Å². The van der Waals surface area contributed by atoms with Gasteiger partial charge in [0.25, 0.3) is 0 Å². The Kier molecular flexibility index (Phi) is 5.09. The largest absolute Gasteiger partial charge is 0.465 e. The number of ether oxygens (including phenoxy) is 1. The summed E-state index contributed by atoms with van der Waals surface area (Å²) in [7, 11) is 1.23. The molecular weight excluding hydrogens is 261 g/mol. The van der Waals surface area contributed by atoms with Gasteiger partial charge in [-0.15, -0.1) is 0 Å². The average Bonchev–Trinajstić information content (AvgIpc) is 2.36. The van der Waals surface area contributed by atoms with Crippen molar-refractivity contribution in [3.8, 4) is 0 Å². The summed E-state index contributed by atoms with van der Waals surface area (Å²) in [5.74, 6) is -0.906. The lowest BCUT2D eigenvalue weighted by molar-refractivity contribution is -0.135. The summed E-state index contributed by atoms with van der Waals surface area (Å²) in [4.78, 5) is 22.7. The van der Waals surface area contributed by atoms with Crippen molar-refractivity contribution in [1.29, 1.82) is 0 Å². The Morgan fingerprint density at radius 1 is 1.11 bits per heavy atom. The van der Waals surface area contributed by atoms with Gasteiger partial charge < -0.3 is 4.74 Å². The van der Waals surface area contributed by atoms with Gasteiger partial charge in [-0.05, 0) is 18.6 Å². The molecule has 0 spiro atoms. The van der Waals surface area contributed by atoms with Crippen LogP contribution in [0.25, 0.3) is 0 Å². The zero-order valence-corrected chi connectivity index (χ0v) is 10.3.